The van der Waals surface area contributed by atoms with Crippen LogP contribution in [0.5, 0.6) is 5.75 Å². The van der Waals surface area contributed by atoms with E-state index < -0.39 is 0 Å². The molecule has 102 valence electrons. The van der Waals surface area contributed by atoms with Crippen LogP contribution in [0.4, 0.5) is 0 Å². The summed E-state index contributed by atoms with van der Waals surface area (Å²) in [5.74, 6) is 0.984. The molecule has 0 amide bonds. The van der Waals surface area contributed by atoms with E-state index in [2.05, 4.69) is 45.1 Å². The zero-order valence-electron chi connectivity index (χ0n) is 12.4. The van der Waals surface area contributed by atoms with Crippen LogP contribution in [0.25, 0.3) is 0 Å². The van der Waals surface area contributed by atoms with E-state index in [-0.39, 0.29) is 0 Å². The Morgan fingerprint density at radius 1 is 1.22 bits per heavy atom. The summed E-state index contributed by atoms with van der Waals surface area (Å²) in [7, 11) is 1.74. The highest BCUT2D eigenvalue weighted by atomic mass is 16.5. The van der Waals surface area contributed by atoms with Gasteiger partial charge in [0.25, 0.3) is 0 Å². The monoisotopic (exact) mass is 249 g/mol. The minimum Gasteiger partial charge on any atom is -0.496 e. The van der Waals surface area contributed by atoms with Crippen molar-refractivity contribution in [1.82, 2.24) is 5.32 Å². The molecule has 0 spiro atoms. The Bertz CT molecular complexity index is 354. The Morgan fingerprint density at radius 3 is 2.44 bits per heavy atom. The number of methoxy groups -OCH3 is 1. The Morgan fingerprint density at radius 2 is 1.89 bits per heavy atom. The summed E-state index contributed by atoms with van der Waals surface area (Å²) in [4.78, 5) is 0. The summed E-state index contributed by atoms with van der Waals surface area (Å²) >= 11 is 0. The normalized spacial score (nSPS) is 13.4. The van der Waals surface area contributed by atoms with Crippen molar-refractivity contribution < 1.29 is 4.74 Å². The number of benzene rings is 1. The van der Waals surface area contributed by atoms with Gasteiger partial charge in [0.15, 0.2) is 0 Å². The molecule has 0 aliphatic rings. The van der Waals surface area contributed by atoms with E-state index in [9.17, 15) is 0 Å². The van der Waals surface area contributed by atoms with Crippen molar-refractivity contribution in [2.24, 2.45) is 5.41 Å². The van der Waals surface area contributed by atoms with Crippen LogP contribution in [0.3, 0.4) is 0 Å². The third-order valence-electron chi connectivity index (χ3n) is 3.15. The van der Waals surface area contributed by atoms with Gasteiger partial charge >= 0.3 is 0 Å². The molecule has 1 atom stereocenters. The Hall–Kier alpha value is -1.02. The van der Waals surface area contributed by atoms with Gasteiger partial charge in [0.1, 0.15) is 5.75 Å². The third-order valence-corrected chi connectivity index (χ3v) is 3.15. The van der Waals surface area contributed by atoms with Gasteiger partial charge < -0.3 is 10.1 Å². The number of hydrogen-bond acceptors (Lipinski definition) is 2. The van der Waals surface area contributed by atoms with Crippen molar-refractivity contribution in [2.75, 3.05) is 13.7 Å². The molecule has 1 aromatic carbocycles. The molecule has 2 nitrogen and oxygen atoms in total. The molecule has 0 radical (unpaired) electrons. The van der Waals surface area contributed by atoms with Gasteiger partial charge in [0, 0.05) is 11.6 Å². The topological polar surface area (TPSA) is 21.3 Å². The van der Waals surface area contributed by atoms with E-state index in [0.29, 0.717) is 11.5 Å². The van der Waals surface area contributed by atoms with Crippen LogP contribution in [-0.2, 0) is 0 Å². The van der Waals surface area contributed by atoms with Gasteiger partial charge in [-0.2, -0.15) is 0 Å². The molecule has 18 heavy (non-hydrogen) atoms. The zero-order chi connectivity index (χ0) is 13.6. The summed E-state index contributed by atoms with van der Waals surface area (Å²) in [5.41, 5.74) is 1.64. The van der Waals surface area contributed by atoms with Gasteiger partial charge in [-0.15, -0.1) is 0 Å². The van der Waals surface area contributed by atoms with Crippen LogP contribution in [0.1, 0.15) is 52.1 Å². The van der Waals surface area contributed by atoms with E-state index in [1.54, 1.807) is 7.11 Å². The lowest BCUT2D eigenvalue weighted by Gasteiger charge is -2.25. The third kappa shape index (κ3) is 4.69. The molecular weight excluding hydrogens is 222 g/mol. The van der Waals surface area contributed by atoms with Crippen molar-refractivity contribution in [3.63, 3.8) is 0 Å². The molecular formula is C16H27NO. The number of para-hydroxylation sites is 1. The van der Waals surface area contributed by atoms with Crippen molar-refractivity contribution in [3.8, 4) is 5.75 Å². The average Bonchev–Trinajstić information content (AvgIpc) is 2.33. The van der Waals surface area contributed by atoms with Crippen molar-refractivity contribution in [3.05, 3.63) is 29.8 Å². The minimum atomic E-state index is 0.371. The first-order chi connectivity index (χ1) is 8.48. The summed E-state index contributed by atoms with van der Waals surface area (Å²) in [6.07, 6.45) is 2.33. The van der Waals surface area contributed by atoms with Crippen LogP contribution < -0.4 is 10.1 Å². The fourth-order valence-electron chi connectivity index (χ4n) is 2.15. The van der Waals surface area contributed by atoms with E-state index >= 15 is 0 Å². The lowest BCUT2D eigenvalue weighted by atomic mass is 9.87. The van der Waals surface area contributed by atoms with Gasteiger partial charge in [0.05, 0.1) is 7.11 Å². The van der Waals surface area contributed by atoms with Gasteiger partial charge in [-0.1, -0.05) is 45.9 Å². The van der Waals surface area contributed by atoms with Gasteiger partial charge in [-0.05, 0) is 30.9 Å². The van der Waals surface area contributed by atoms with Crippen LogP contribution in [0.2, 0.25) is 0 Å². The largest absolute Gasteiger partial charge is 0.496 e. The first-order valence-corrected chi connectivity index (χ1v) is 6.84. The molecule has 0 bridgehead atoms. The SMILES string of the molecule is CCNC(CCC(C)(C)C)c1ccccc1OC. The maximum atomic E-state index is 5.46. The molecule has 0 fully saturated rings. The first kappa shape index (κ1) is 15.0. The quantitative estimate of drug-likeness (QED) is 0.817. The molecule has 0 aliphatic carbocycles. The highest BCUT2D eigenvalue weighted by Crippen LogP contribution is 2.31. The van der Waals surface area contributed by atoms with Crippen molar-refractivity contribution in [1.29, 1.82) is 0 Å². The number of ether oxygens (including phenoxy) is 1. The molecule has 1 N–H and O–H groups in total. The van der Waals surface area contributed by atoms with Crippen LogP contribution in [-0.4, -0.2) is 13.7 Å². The second-order valence-corrected chi connectivity index (χ2v) is 5.95. The molecule has 0 aliphatic heterocycles. The molecule has 1 rings (SSSR count). The molecule has 0 aromatic heterocycles. The van der Waals surface area contributed by atoms with E-state index in [0.717, 1.165) is 18.7 Å². The van der Waals surface area contributed by atoms with Crippen LogP contribution in [0.15, 0.2) is 24.3 Å². The van der Waals surface area contributed by atoms with E-state index in [1.807, 2.05) is 12.1 Å². The predicted molar refractivity (Wildman–Crippen MR) is 78.1 cm³/mol. The Labute approximate surface area is 112 Å². The lowest BCUT2D eigenvalue weighted by molar-refractivity contribution is 0.327. The Kier molecular flexibility index (Phi) is 5.67. The van der Waals surface area contributed by atoms with Gasteiger partial charge in [-0.25, -0.2) is 0 Å². The fourth-order valence-corrected chi connectivity index (χ4v) is 2.15. The summed E-state index contributed by atoms with van der Waals surface area (Å²) in [6.45, 7) is 10.0. The number of nitrogens with one attached hydrogen (secondary N) is 1. The Balaban J connectivity index is 2.83. The molecule has 0 heterocycles. The van der Waals surface area contributed by atoms with Crippen LogP contribution in [0, 0.1) is 5.41 Å². The predicted octanol–water partition coefficient (Wildman–Crippen LogP) is 4.17. The molecule has 0 saturated heterocycles. The second kappa shape index (κ2) is 6.79. The van der Waals surface area contributed by atoms with E-state index in [1.165, 1.54) is 12.0 Å². The maximum absolute atomic E-state index is 5.46. The summed E-state index contributed by atoms with van der Waals surface area (Å²) in [5, 5.41) is 3.57. The summed E-state index contributed by atoms with van der Waals surface area (Å²) in [6, 6.07) is 8.69. The van der Waals surface area contributed by atoms with E-state index in [4.69, 9.17) is 4.74 Å². The second-order valence-electron chi connectivity index (χ2n) is 5.95. The van der Waals surface area contributed by atoms with Crippen molar-refractivity contribution >= 4 is 0 Å². The highest BCUT2D eigenvalue weighted by molar-refractivity contribution is 5.35. The molecule has 1 aromatic rings. The van der Waals surface area contributed by atoms with Gasteiger partial charge in [0.2, 0.25) is 0 Å². The maximum Gasteiger partial charge on any atom is 0.123 e. The first-order valence-electron chi connectivity index (χ1n) is 6.84. The number of hydrogen-bond donors (Lipinski definition) is 1. The lowest BCUT2D eigenvalue weighted by Crippen LogP contribution is -2.23. The standard InChI is InChI=1S/C16H27NO/c1-6-17-14(11-12-16(2,3)4)13-9-7-8-10-15(13)18-5/h7-10,14,17H,6,11-12H2,1-5H3. The fraction of sp³-hybridized carbons (Fsp3) is 0.625. The molecule has 0 saturated carbocycles. The molecule has 1 unspecified atom stereocenters. The molecule has 2 heteroatoms. The van der Waals surface area contributed by atoms with Crippen molar-refractivity contribution in [2.45, 2.75) is 46.6 Å². The van der Waals surface area contributed by atoms with Gasteiger partial charge in [-0.3, -0.25) is 0 Å². The smallest absolute Gasteiger partial charge is 0.123 e. The minimum absolute atomic E-state index is 0.371. The summed E-state index contributed by atoms with van der Waals surface area (Å²) < 4.78 is 5.46. The average molecular weight is 249 g/mol. The number of rotatable bonds is 6. The zero-order valence-corrected chi connectivity index (χ0v) is 12.4. The van der Waals surface area contributed by atoms with Crippen LogP contribution >= 0.6 is 0 Å². The highest BCUT2D eigenvalue weighted by Gasteiger charge is 2.18.